The van der Waals surface area contributed by atoms with Crippen LogP contribution in [0.4, 0.5) is 0 Å². The van der Waals surface area contributed by atoms with Gasteiger partial charge in [-0.2, -0.15) is 0 Å². The lowest BCUT2D eigenvalue weighted by atomic mass is 10.2. The summed E-state index contributed by atoms with van der Waals surface area (Å²) in [5.74, 6) is -1.03. The zero-order valence-electron chi connectivity index (χ0n) is 12.0. The lowest BCUT2D eigenvalue weighted by Crippen LogP contribution is -2.11. The Kier molecular flexibility index (Phi) is 12.7. The molecule has 9 nitrogen and oxygen atoms in total. The quantitative estimate of drug-likeness (QED) is 0.135. The van der Waals surface area contributed by atoms with Crippen LogP contribution in [0.1, 0.15) is 51.4 Å². The molecule has 0 aromatic carbocycles. The molecule has 0 aliphatic carbocycles. The summed E-state index contributed by atoms with van der Waals surface area (Å²) in [5.41, 5.74) is 16.1. The fraction of sp³-hybridized carbons (Fsp3) is 0.833. The molecule has 0 aliphatic rings. The maximum atomic E-state index is 11.3. The summed E-state index contributed by atoms with van der Waals surface area (Å²) in [7, 11) is 0. The van der Waals surface area contributed by atoms with Crippen LogP contribution >= 0.6 is 0 Å². The molecule has 0 radical (unpaired) electrons. The van der Waals surface area contributed by atoms with E-state index in [4.69, 9.17) is 11.1 Å². The second kappa shape index (κ2) is 14.2. The summed E-state index contributed by atoms with van der Waals surface area (Å²) < 4.78 is 4.66. The molecule has 0 amide bonds. The Morgan fingerprint density at radius 1 is 0.762 bits per heavy atom. The van der Waals surface area contributed by atoms with Gasteiger partial charge in [-0.1, -0.05) is 23.1 Å². The summed E-state index contributed by atoms with van der Waals surface area (Å²) in [4.78, 5) is 27.9. The highest BCUT2D eigenvalue weighted by molar-refractivity contribution is 5.85. The molecule has 116 valence electrons. The molecule has 0 heterocycles. The molecule has 0 atom stereocenters. The maximum Gasteiger partial charge on any atom is 0.313 e. The molecular formula is C12H20N6O3. The molecule has 0 aromatic heterocycles. The molecule has 0 unspecified atom stereocenters. The number of hydrogen-bond acceptors (Lipinski definition) is 5. The molecule has 0 aliphatic heterocycles. The lowest BCUT2D eigenvalue weighted by Gasteiger charge is -2.03. The van der Waals surface area contributed by atoms with Gasteiger partial charge in [0.15, 0.2) is 0 Å². The first-order chi connectivity index (χ1) is 10.2. The number of esters is 2. The SMILES string of the molecule is [N-]=[N+]=NCCCCCC(=O)OC(=O)CCCCCN=[N+]=[N-]. The van der Waals surface area contributed by atoms with Crippen LogP contribution in [0.5, 0.6) is 0 Å². The molecule has 0 aromatic rings. The van der Waals surface area contributed by atoms with Gasteiger partial charge < -0.3 is 4.74 Å². The molecule has 0 N–H and O–H groups in total. The third-order valence-corrected chi connectivity index (χ3v) is 2.63. The van der Waals surface area contributed by atoms with Crippen molar-refractivity contribution >= 4 is 11.9 Å². The van der Waals surface area contributed by atoms with E-state index in [1.807, 2.05) is 0 Å². The van der Waals surface area contributed by atoms with Crippen molar-refractivity contribution in [2.24, 2.45) is 10.2 Å². The van der Waals surface area contributed by atoms with Crippen LogP contribution in [-0.2, 0) is 14.3 Å². The van der Waals surface area contributed by atoms with Crippen molar-refractivity contribution in [3.05, 3.63) is 20.9 Å². The van der Waals surface area contributed by atoms with Crippen molar-refractivity contribution in [2.75, 3.05) is 13.1 Å². The number of rotatable bonds is 12. The Morgan fingerprint density at radius 2 is 1.19 bits per heavy atom. The van der Waals surface area contributed by atoms with Crippen molar-refractivity contribution < 1.29 is 14.3 Å². The Morgan fingerprint density at radius 3 is 1.57 bits per heavy atom. The van der Waals surface area contributed by atoms with Gasteiger partial charge in [-0.05, 0) is 36.7 Å². The minimum absolute atomic E-state index is 0.193. The van der Waals surface area contributed by atoms with Gasteiger partial charge in [-0.25, -0.2) is 0 Å². The second-order valence-corrected chi connectivity index (χ2v) is 4.38. The normalized spacial score (nSPS) is 9.33. The molecule has 0 saturated carbocycles. The standard InChI is InChI=1S/C12H20N6O3/c13-17-15-9-5-1-3-7-11(19)21-12(20)8-4-2-6-10-16-18-14/h1-10H2. The van der Waals surface area contributed by atoms with E-state index in [1.54, 1.807) is 0 Å². The maximum absolute atomic E-state index is 11.3. The van der Waals surface area contributed by atoms with Crippen LogP contribution < -0.4 is 0 Å². The third-order valence-electron chi connectivity index (χ3n) is 2.63. The van der Waals surface area contributed by atoms with E-state index in [2.05, 4.69) is 24.8 Å². The Bertz CT molecular complexity index is 375. The number of hydrogen-bond donors (Lipinski definition) is 0. The van der Waals surface area contributed by atoms with Crippen molar-refractivity contribution in [2.45, 2.75) is 51.4 Å². The van der Waals surface area contributed by atoms with Crippen LogP contribution in [-0.4, -0.2) is 25.0 Å². The number of carbonyl (C=O) groups is 2. The van der Waals surface area contributed by atoms with E-state index in [9.17, 15) is 9.59 Å². The lowest BCUT2D eigenvalue weighted by molar-refractivity contribution is -0.159. The van der Waals surface area contributed by atoms with Gasteiger partial charge in [0.1, 0.15) is 0 Å². The number of carbonyl (C=O) groups excluding carboxylic acids is 2. The van der Waals surface area contributed by atoms with E-state index in [0.29, 0.717) is 25.9 Å². The van der Waals surface area contributed by atoms with Crippen LogP contribution in [0.3, 0.4) is 0 Å². The first kappa shape index (κ1) is 18.8. The minimum atomic E-state index is -0.516. The number of azide groups is 2. The average molecular weight is 296 g/mol. The van der Waals surface area contributed by atoms with E-state index < -0.39 is 11.9 Å². The van der Waals surface area contributed by atoms with E-state index in [1.165, 1.54) is 0 Å². The van der Waals surface area contributed by atoms with Gasteiger partial charge in [-0.15, -0.1) is 0 Å². The van der Waals surface area contributed by atoms with Crippen LogP contribution in [0.15, 0.2) is 10.2 Å². The summed E-state index contributed by atoms with van der Waals surface area (Å²) in [6.45, 7) is 0.834. The van der Waals surface area contributed by atoms with Gasteiger partial charge in [0.2, 0.25) is 0 Å². The molecular weight excluding hydrogens is 276 g/mol. The van der Waals surface area contributed by atoms with Gasteiger partial charge in [0.25, 0.3) is 0 Å². The van der Waals surface area contributed by atoms with Crippen molar-refractivity contribution in [1.82, 2.24) is 0 Å². The number of nitrogens with zero attached hydrogens (tertiary/aromatic N) is 6. The Labute approximate surface area is 122 Å². The van der Waals surface area contributed by atoms with Crippen LogP contribution in [0, 0.1) is 0 Å². The molecule has 0 fully saturated rings. The molecule has 0 saturated heterocycles. The highest BCUT2D eigenvalue weighted by Gasteiger charge is 2.09. The summed E-state index contributed by atoms with van der Waals surface area (Å²) in [5, 5.41) is 6.76. The summed E-state index contributed by atoms with van der Waals surface area (Å²) >= 11 is 0. The van der Waals surface area contributed by atoms with Gasteiger partial charge in [-0.3, -0.25) is 9.59 Å². The van der Waals surface area contributed by atoms with Crippen molar-refractivity contribution in [3.8, 4) is 0 Å². The van der Waals surface area contributed by atoms with Gasteiger partial charge >= 0.3 is 11.9 Å². The zero-order valence-corrected chi connectivity index (χ0v) is 12.0. The van der Waals surface area contributed by atoms with E-state index in [0.717, 1.165) is 25.7 Å². The highest BCUT2D eigenvalue weighted by atomic mass is 16.6. The summed E-state index contributed by atoms with van der Waals surface area (Å²) in [6, 6.07) is 0. The first-order valence-electron chi connectivity index (χ1n) is 6.96. The van der Waals surface area contributed by atoms with E-state index >= 15 is 0 Å². The second-order valence-electron chi connectivity index (χ2n) is 4.38. The molecule has 0 bridgehead atoms. The highest BCUT2D eigenvalue weighted by Crippen LogP contribution is 2.05. The van der Waals surface area contributed by atoms with E-state index in [-0.39, 0.29) is 12.8 Å². The monoisotopic (exact) mass is 296 g/mol. The number of unbranched alkanes of at least 4 members (excludes halogenated alkanes) is 4. The predicted molar refractivity (Wildman–Crippen MR) is 76.1 cm³/mol. The Hall–Kier alpha value is -2.24. The van der Waals surface area contributed by atoms with Gasteiger partial charge in [0, 0.05) is 35.8 Å². The molecule has 21 heavy (non-hydrogen) atoms. The molecule has 0 spiro atoms. The zero-order chi connectivity index (χ0) is 15.8. The largest absolute Gasteiger partial charge is 0.393 e. The predicted octanol–water partition coefficient (Wildman–Crippen LogP) is 3.80. The molecule has 0 rings (SSSR count). The minimum Gasteiger partial charge on any atom is -0.393 e. The third kappa shape index (κ3) is 14.0. The van der Waals surface area contributed by atoms with Crippen LogP contribution in [0.25, 0.3) is 20.9 Å². The first-order valence-corrected chi connectivity index (χ1v) is 6.96. The number of ether oxygens (including phenoxy) is 1. The van der Waals surface area contributed by atoms with Crippen molar-refractivity contribution in [1.29, 1.82) is 0 Å². The topological polar surface area (TPSA) is 141 Å². The Balaban J connectivity index is 3.49. The average Bonchev–Trinajstić information content (AvgIpc) is 2.46. The van der Waals surface area contributed by atoms with Gasteiger partial charge in [0.05, 0.1) is 0 Å². The molecule has 9 heteroatoms. The van der Waals surface area contributed by atoms with Crippen LogP contribution in [0.2, 0.25) is 0 Å². The summed E-state index contributed by atoms with van der Waals surface area (Å²) in [6.07, 6.45) is 4.55. The fourth-order valence-corrected chi connectivity index (χ4v) is 1.58. The van der Waals surface area contributed by atoms with Crippen molar-refractivity contribution in [3.63, 3.8) is 0 Å². The fourth-order valence-electron chi connectivity index (χ4n) is 1.58. The smallest absolute Gasteiger partial charge is 0.313 e.